The predicted molar refractivity (Wildman–Crippen MR) is 92.2 cm³/mol. The van der Waals surface area contributed by atoms with E-state index in [2.05, 4.69) is 34.5 Å². The van der Waals surface area contributed by atoms with E-state index in [1.807, 2.05) is 12.1 Å². The molecule has 1 rings (SSSR count). The van der Waals surface area contributed by atoms with Crippen molar-refractivity contribution in [3.63, 3.8) is 0 Å². The summed E-state index contributed by atoms with van der Waals surface area (Å²) in [5, 5.41) is 0.733. The van der Waals surface area contributed by atoms with Gasteiger partial charge in [-0.2, -0.15) is 0 Å². The fourth-order valence-corrected chi connectivity index (χ4v) is 3.53. The van der Waals surface area contributed by atoms with E-state index < -0.39 is 10.0 Å². The molecular weight excluding hydrogens is 350 g/mol. The SMILES string of the molecule is CC(C)CCCCCCNS(=O)(=O)c1ccc(CBr)cc1. The number of alkyl halides is 1. The van der Waals surface area contributed by atoms with Crippen molar-refractivity contribution in [2.75, 3.05) is 6.54 Å². The first kappa shape index (κ1) is 18.7. The van der Waals surface area contributed by atoms with Gasteiger partial charge in [-0.3, -0.25) is 0 Å². The highest BCUT2D eigenvalue weighted by atomic mass is 79.9. The normalized spacial score (nSPS) is 12.0. The van der Waals surface area contributed by atoms with Gasteiger partial charge in [-0.15, -0.1) is 0 Å². The number of sulfonamides is 1. The predicted octanol–water partition coefficient (Wildman–Crippen LogP) is 4.47. The molecule has 0 aliphatic rings. The average Bonchev–Trinajstić information content (AvgIpc) is 2.46. The van der Waals surface area contributed by atoms with Crippen LogP contribution in [0.15, 0.2) is 29.2 Å². The second-order valence-electron chi connectivity index (χ2n) is 5.77. The third-order valence-corrected chi connectivity index (χ3v) is 5.51. The number of benzene rings is 1. The molecule has 0 bridgehead atoms. The molecule has 3 nitrogen and oxygen atoms in total. The molecule has 0 atom stereocenters. The average molecular weight is 376 g/mol. The molecule has 0 aliphatic carbocycles. The van der Waals surface area contributed by atoms with Crippen LogP contribution in [0.4, 0.5) is 0 Å². The monoisotopic (exact) mass is 375 g/mol. The summed E-state index contributed by atoms with van der Waals surface area (Å²) < 4.78 is 26.8. The van der Waals surface area contributed by atoms with E-state index in [4.69, 9.17) is 0 Å². The van der Waals surface area contributed by atoms with Crippen LogP contribution in [-0.2, 0) is 15.4 Å². The van der Waals surface area contributed by atoms with Crippen molar-refractivity contribution in [3.8, 4) is 0 Å². The van der Waals surface area contributed by atoms with Gasteiger partial charge in [-0.25, -0.2) is 13.1 Å². The maximum Gasteiger partial charge on any atom is 0.240 e. The first-order valence-electron chi connectivity index (χ1n) is 7.60. The van der Waals surface area contributed by atoms with Crippen molar-refractivity contribution in [3.05, 3.63) is 29.8 Å². The Morgan fingerprint density at radius 1 is 1.05 bits per heavy atom. The molecule has 0 amide bonds. The van der Waals surface area contributed by atoms with Crippen LogP contribution in [0.3, 0.4) is 0 Å². The van der Waals surface area contributed by atoms with Crippen molar-refractivity contribution in [1.29, 1.82) is 0 Å². The van der Waals surface area contributed by atoms with Gasteiger partial charge in [-0.1, -0.05) is 67.6 Å². The number of unbranched alkanes of at least 4 members (excludes halogenated alkanes) is 3. The van der Waals surface area contributed by atoms with Gasteiger partial charge in [0, 0.05) is 11.9 Å². The molecule has 21 heavy (non-hydrogen) atoms. The molecule has 0 aliphatic heterocycles. The van der Waals surface area contributed by atoms with E-state index in [1.165, 1.54) is 19.3 Å². The van der Waals surface area contributed by atoms with Crippen LogP contribution < -0.4 is 4.72 Å². The van der Waals surface area contributed by atoms with Crippen LogP contribution in [0.25, 0.3) is 0 Å². The second kappa shape index (κ2) is 9.59. The molecule has 0 spiro atoms. The lowest BCUT2D eigenvalue weighted by Crippen LogP contribution is -2.24. The van der Waals surface area contributed by atoms with Gasteiger partial charge in [-0.05, 0) is 30.0 Å². The van der Waals surface area contributed by atoms with Crippen molar-refractivity contribution in [1.82, 2.24) is 4.72 Å². The van der Waals surface area contributed by atoms with Gasteiger partial charge in [0.15, 0.2) is 0 Å². The third-order valence-electron chi connectivity index (χ3n) is 3.39. The van der Waals surface area contributed by atoms with E-state index in [9.17, 15) is 8.42 Å². The minimum Gasteiger partial charge on any atom is -0.211 e. The van der Waals surface area contributed by atoms with Gasteiger partial charge in [0.2, 0.25) is 10.0 Å². The molecule has 0 unspecified atom stereocenters. The zero-order valence-electron chi connectivity index (χ0n) is 12.9. The number of rotatable bonds is 10. The third kappa shape index (κ3) is 7.43. The molecule has 0 aromatic heterocycles. The van der Waals surface area contributed by atoms with Crippen LogP contribution >= 0.6 is 15.9 Å². The summed E-state index contributed by atoms with van der Waals surface area (Å²) in [6.07, 6.45) is 5.65. The number of hydrogen-bond donors (Lipinski definition) is 1. The lowest BCUT2D eigenvalue weighted by Gasteiger charge is -2.08. The molecule has 120 valence electrons. The zero-order chi connectivity index (χ0) is 15.7. The van der Waals surface area contributed by atoms with Crippen molar-refractivity contribution >= 4 is 26.0 Å². The molecule has 1 aromatic carbocycles. The Bertz CT molecular complexity index is 498. The fraction of sp³-hybridized carbons (Fsp3) is 0.625. The van der Waals surface area contributed by atoms with Gasteiger partial charge >= 0.3 is 0 Å². The Kier molecular flexibility index (Phi) is 8.52. The van der Waals surface area contributed by atoms with E-state index >= 15 is 0 Å². The minimum atomic E-state index is -3.36. The van der Waals surface area contributed by atoms with E-state index in [-0.39, 0.29) is 0 Å². The van der Waals surface area contributed by atoms with Crippen molar-refractivity contribution in [2.24, 2.45) is 5.92 Å². The van der Waals surface area contributed by atoms with Crippen LogP contribution in [0, 0.1) is 5.92 Å². The van der Waals surface area contributed by atoms with E-state index in [1.54, 1.807) is 12.1 Å². The smallest absolute Gasteiger partial charge is 0.211 e. The largest absolute Gasteiger partial charge is 0.240 e. The van der Waals surface area contributed by atoms with Crippen LogP contribution in [-0.4, -0.2) is 15.0 Å². The van der Waals surface area contributed by atoms with E-state index in [0.29, 0.717) is 11.4 Å². The highest BCUT2D eigenvalue weighted by molar-refractivity contribution is 9.08. The highest BCUT2D eigenvalue weighted by Crippen LogP contribution is 2.13. The molecule has 0 fully saturated rings. The molecule has 0 saturated heterocycles. The Morgan fingerprint density at radius 2 is 1.67 bits per heavy atom. The summed E-state index contributed by atoms with van der Waals surface area (Å²) in [7, 11) is -3.36. The summed E-state index contributed by atoms with van der Waals surface area (Å²) in [5.74, 6) is 0.756. The Hall–Kier alpha value is -0.390. The topological polar surface area (TPSA) is 46.2 Å². The van der Waals surface area contributed by atoms with Gasteiger partial charge in [0.05, 0.1) is 4.90 Å². The Balaban J connectivity index is 2.29. The summed E-state index contributed by atoms with van der Waals surface area (Å²) >= 11 is 3.35. The van der Waals surface area contributed by atoms with Crippen LogP contribution in [0.1, 0.15) is 51.5 Å². The molecule has 1 N–H and O–H groups in total. The van der Waals surface area contributed by atoms with Crippen molar-refractivity contribution in [2.45, 2.75) is 56.2 Å². The van der Waals surface area contributed by atoms with Gasteiger partial charge in [0.25, 0.3) is 0 Å². The van der Waals surface area contributed by atoms with Crippen molar-refractivity contribution < 1.29 is 8.42 Å². The molecule has 0 radical (unpaired) electrons. The number of hydrogen-bond acceptors (Lipinski definition) is 2. The lowest BCUT2D eigenvalue weighted by molar-refractivity contribution is 0.517. The summed E-state index contributed by atoms with van der Waals surface area (Å²) in [6.45, 7) is 4.98. The number of nitrogens with one attached hydrogen (secondary N) is 1. The maximum absolute atomic E-state index is 12.1. The standard InChI is InChI=1S/C16H26BrNO2S/c1-14(2)7-5-3-4-6-12-18-21(19,20)16-10-8-15(13-17)9-11-16/h8-11,14,18H,3-7,12-13H2,1-2H3. The first-order chi connectivity index (χ1) is 9.95. The minimum absolute atomic E-state index is 0.340. The summed E-state index contributed by atoms with van der Waals surface area (Å²) in [5.41, 5.74) is 1.07. The fourth-order valence-electron chi connectivity index (χ4n) is 2.08. The maximum atomic E-state index is 12.1. The molecular formula is C16H26BrNO2S. The number of halogens is 1. The molecule has 0 heterocycles. The highest BCUT2D eigenvalue weighted by Gasteiger charge is 2.12. The molecule has 0 saturated carbocycles. The second-order valence-corrected chi connectivity index (χ2v) is 8.10. The van der Waals surface area contributed by atoms with Gasteiger partial charge < -0.3 is 0 Å². The molecule has 1 aromatic rings. The molecule has 5 heteroatoms. The Morgan fingerprint density at radius 3 is 2.24 bits per heavy atom. The quantitative estimate of drug-likeness (QED) is 0.484. The summed E-state index contributed by atoms with van der Waals surface area (Å²) in [4.78, 5) is 0.340. The summed E-state index contributed by atoms with van der Waals surface area (Å²) in [6, 6.07) is 6.97. The lowest BCUT2D eigenvalue weighted by atomic mass is 10.0. The van der Waals surface area contributed by atoms with Crippen LogP contribution in [0.5, 0.6) is 0 Å². The Labute approximate surface area is 137 Å². The van der Waals surface area contributed by atoms with Crippen LogP contribution in [0.2, 0.25) is 0 Å². The first-order valence-corrected chi connectivity index (χ1v) is 10.2. The van der Waals surface area contributed by atoms with Gasteiger partial charge in [0.1, 0.15) is 0 Å². The van der Waals surface area contributed by atoms with E-state index in [0.717, 1.165) is 29.7 Å². The zero-order valence-corrected chi connectivity index (χ0v) is 15.3.